The number of hydrogen-bond donors (Lipinski definition) is 1. The predicted octanol–water partition coefficient (Wildman–Crippen LogP) is 6.43. The normalized spacial score (nSPS) is 12.2. The topological polar surface area (TPSA) is 20.7 Å². The minimum atomic E-state index is 1.20. The van der Waals surface area contributed by atoms with E-state index in [2.05, 4.69) is 90.3 Å². The second-order valence-corrected chi connectivity index (χ2v) is 7.23. The van der Waals surface area contributed by atoms with Crippen molar-refractivity contribution in [1.82, 2.24) is 9.55 Å². The van der Waals surface area contributed by atoms with Gasteiger partial charge in [-0.15, -0.1) is 0 Å². The van der Waals surface area contributed by atoms with Gasteiger partial charge in [0, 0.05) is 45.1 Å². The zero-order valence-electron chi connectivity index (χ0n) is 14.8. The SMILES string of the molecule is Cc1c2c(cc3c1c1c4ccccc4ccc1n3C)[nH]c1ccccc12. The van der Waals surface area contributed by atoms with Crippen LogP contribution in [-0.2, 0) is 7.05 Å². The first-order valence-corrected chi connectivity index (χ1v) is 9.04. The van der Waals surface area contributed by atoms with Gasteiger partial charge in [-0.05, 0) is 41.5 Å². The minimum Gasteiger partial charge on any atom is -0.354 e. The van der Waals surface area contributed by atoms with Crippen LogP contribution >= 0.6 is 0 Å². The molecule has 0 aliphatic heterocycles. The number of fused-ring (bicyclic) bond motifs is 8. The molecule has 0 atom stereocenters. The third kappa shape index (κ3) is 1.57. The summed E-state index contributed by atoms with van der Waals surface area (Å²) in [5, 5.41) is 8.01. The summed E-state index contributed by atoms with van der Waals surface area (Å²) in [6.07, 6.45) is 0. The maximum absolute atomic E-state index is 3.61. The molecule has 0 aliphatic rings. The lowest BCUT2D eigenvalue weighted by molar-refractivity contribution is 1.02. The van der Waals surface area contributed by atoms with Crippen molar-refractivity contribution in [3.63, 3.8) is 0 Å². The molecule has 2 heterocycles. The van der Waals surface area contributed by atoms with Crippen molar-refractivity contribution in [2.24, 2.45) is 7.05 Å². The fourth-order valence-corrected chi connectivity index (χ4v) is 4.71. The summed E-state index contributed by atoms with van der Waals surface area (Å²) in [6.45, 7) is 2.27. The van der Waals surface area contributed by atoms with Crippen LogP contribution in [0.2, 0.25) is 0 Å². The van der Waals surface area contributed by atoms with E-state index in [0.717, 1.165) is 0 Å². The maximum Gasteiger partial charge on any atom is 0.0512 e. The predicted molar refractivity (Wildman–Crippen MR) is 112 cm³/mol. The molecule has 0 spiro atoms. The fraction of sp³-hybridized carbons (Fsp3) is 0.0833. The van der Waals surface area contributed by atoms with E-state index in [4.69, 9.17) is 0 Å². The van der Waals surface area contributed by atoms with E-state index in [1.54, 1.807) is 0 Å². The Labute approximate surface area is 150 Å². The number of nitrogens with zero attached hydrogens (tertiary/aromatic N) is 1. The second kappa shape index (κ2) is 4.67. The van der Waals surface area contributed by atoms with Crippen molar-refractivity contribution in [3.05, 3.63) is 72.3 Å². The molecule has 4 aromatic carbocycles. The summed E-state index contributed by atoms with van der Waals surface area (Å²) >= 11 is 0. The van der Waals surface area contributed by atoms with Gasteiger partial charge in [-0.25, -0.2) is 0 Å². The molecule has 0 saturated carbocycles. The van der Waals surface area contributed by atoms with Gasteiger partial charge in [0.2, 0.25) is 0 Å². The fourth-order valence-electron chi connectivity index (χ4n) is 4.71. The van der Waals surface area contributed by atoms with Crippen molar-refractivity contribution in [2.75, 3.05) is 0 Å². The molecule has 2 aromatic heterocycles. The van der Waals surface area contributed by atoms with Gasteiger partial charge in [0.05, 0.1) is 5.52 Å². The number of hydrogen-bond acceptors (Lipinski definition) is 0. The summed E-state index contributed by atoms with van der Waals surface area (Å²) in [5.74, 6) is 0. The molecule has 26 heavy (non-hydrogen) atoms. The summed E-state index contributed by atoms with van der Waals surface area (Å²) in [4.78, 5) is 3.61. The Morgan fingerprint density at radius 2 is 1.46 bits per heavy atom. The van der Waals surface area contributed by atoms with E-state index in [1.165, 1.54) is 59.9 Å². The van der Waals surface area contributed by atoms with Crippen molar-refractivity contribution in [1.29, 1.82) is 0 Å². The van der Waals surface area contributed by atoms with Crippen molar-refractivity contribution in [3.8, 4) is 0 Å². The first-order valence-electron chi connectivity index (χ1n) is 9.04. The molecule has 0 bridgehead atoms. The minimum absolute atomic E-state index is 1.20. The van der Waals surface area contributed by atoms with Crippen LogP contribution in [0.1, 0.15) is 5.56 Å². The summed E-state index contributed by atoms with van der Waals surface area (Å²) < 4.78 is 2.33. The first kappa shape index (κ1) is 14.0. The van der Waals surface area contributed by atoms with Gasteiger partial charge in [0.1, 0.15) is 0 Å². The number of aryl methyl sites for hydroxylation is 2. The van der Waals surface area contributed by atoms with Crippen molar-refractivity contribution in [2.45, 2.75) is 6.92 Å². The number of para-hydroxylation sites is 1. The lowest BCUT2D eigenvalue weighted by Gasteiger charge is -2.04. The lowest BCUT2D eigenvalue weighted by atomic mass is 9.98. The van der Waals surface area contributed by atoms with E-state index in [0.29, 0.717) is 0 Å². The second-order valence-electron chi connectivity index (χ2n) is 7.23. The maximum atomic E-state index is 3.61. The van der Waals surface area contributed by atoms with Gasteiger partial charge in [0.25, 0.3) is 0 Å². The average molecular weight is 334 g/mol. The van der Waals surface area contributed by atoms with Crippen LogP contribution in [0.15, 0.2) is 66.7 Å². The number of nitrogens with one attached hydrogen (secondary N) is 1. The van der Waals surface area contributed by atoms with Crippen molar-refractivity contribution < 1.29 is 0 Å². The van der Waals surface area contributed by atoms with Crippen LogP contribution in [0.5, 0.6) is 0 Å². The zero-order valence-corrected chi connectivity index (χ0v) is 14.8. The monoisotopic (exact) mass is 334 g/mol. The highest BCUT2D eigenvalue weighted by molar-refractivity contribution is 6.26. The molecule has 2 nitrogen and oxygen atoms in total. The number of aromatic nitrogens is 2. The summed E-state index contributed by atoms with van der Waals surface area (Å²) in [6, 6.07) is 24.1. The molecule has 0 unspecified atom stereocenters. The van der Waals surface area contributed by atoms with Crippen LogP contribution < -0.4 is 0 Å². The Morgan fingerprint density at radius 3 is 2.35 bits per heavy atom. The molecule has 0 amide bonds. The molecule has 0 fully saturated rings. The Bertz CT molecular complexity index is 1500. The highest BCUT2D eigenvalue weighted by Crippen LogP contribution is 2.40. The highest BCUT2D eigenvalue weighted by Gasteiger charge is 2.17. The zero-order chi connectivity index (χ0) is 17.4. The average Bonchev–Trinajstić information content (AvgIpc) is 3.18. The smallest absolute Gasteiger partial charge is 0.0512 e. The number of H-pyrrole nitrogens is 1. The largest absolute Gasteiger partial charge is 0.354 e. The number of benzene rings is 4. The summed E-state index contributed by atoms with van der Waals surface area (Å²) in [7, 11) is 2.17. The van der Waals surface area contributed by atoms with E-state index in [1.807, 2.05) is 0 Å². The molecule has 6 rings (SSSR count). The number of rotatable bonds is 0. The molecule has 2 heteroatoms. The molecule has 0 aliphatic carbocycles. The van der Waals surface area contributed by atoms with Crippen LogP contribution in [0.4, 0.5) is 0 Å². The van der Waals surface area contributed by atoms with E-state index in [9.17, 15) is 0 Å². The van der Waals surface area contributed by atoms with E-state index in [-0.39, 0.29) is 0 Å². The van der Waals surface area contributed by atoms with Gasteiger partial charge < -0.3 is 9.55 Å². The standard InChI is InChI=1S/C24H18N2/c1-14-22-17-9-5-6-10-18(17)25-19(22)13-21-23(14)24-16-8-4-3-7-15(16)11-12-20(24)26(21)2/h3-13,25H,1-2H3. The molecule has 124 valence electrons. The third-order valence-corrected chi connectivity index (χ3v) is 5.90. The molecular formula is C24H18N2. The molecule has 1 N–H and O–H groups in total. The van der Waals surface area contributed by atoms with Crippen LogP contribution in [0.3, 0.4) is 0 Å². The Balaban J connectivity index is 1.97. The molecule has 0 saturated heterocycles. The lowest BCUT2D eigenvalue weighted by Crippen LogP contribution is -1.87. The van der Waals surface area contributed by atoms with Gasteiger partial charge in [-0.1, -0.05) is 48.5 Å². The van der Waals surface area contributed by atoms with Gasteiger partial charge in [-0.3, -0.25) is 0 Å². The van der Waals surface area contributed by atoms with Gasteiger partial charge in [-0.2, -0.15) is 0 Å². The third-order valence-electron chi connectivity index (χ3n) is 5.90. The molecular weight excluding hydrogens is 316 g/mol. The molecule has 0 radical (unpaired) electrons. The molecule has 6 aromatic rings. The Kier molecular flexibility index (Phi) is 2.51. The van der Waals surface area contributed by atoms with Gasteiger partial charge >= 0.3 is 0 Å². The Morgan fingerprint density at radius 1 is 0.692 bits per heavy atom. The summed E-state index contributed by atoms with van der Waals surface area (Å²) in [5.41, 5.74) is 6.35. The van der Waals surface area contributed by atoms with Crippen LogP contribution in [-0.4, -0.2) is 9.55 Å². The van der Waals surface area contributed by atoms with E-state index >= 15 is 0 Å². The van der Waals surface area contributed by atoms with Crippen molar-refractivity contribution >= 4 is 54.4 Å². The van der Waals surface area contributed by atoms with Gasteiger partial charge in [0.15, 0.2) is 0 Å². The van der Waals surface area contributed by atoms with Crippen LogP contribution in [0, 0.1) is 6.92 Å². The Hall–Kier alpha value is -3.26. The quantitative estimate of drug-likeness (QED) is 0.330. The highest BCUT2D eigenvalue weighted by atomic mass is 14.9. The first-order chi connectivity index (χ1) is 12.7. The van der Waals surface area contributed by atoms with Crippen LogP contribution in [0.25, 0.3) is 54.4 Å². The van der Waals surface area contributed by atoms with E-state index < -0.39 is 0 Å². The number of aromatic amines is 1.